The van der Waals surface area contributed by atoms with Crippen molar-refractivity contribution in [2.45, 2.75) is 107 Å². The molecule has 0 radical (unpaired) electrons. The van der Waals surface area contributed by atoms with E-state index in [4.69, 9.17) is 23.8 Å². The Morgan fingerprint density at radius 3 is 2.04 bits per heavy atom. The van der Waals surface area contributed by atoms with Gasteiger partial charge in [0, 0.05) is 57.6 Å². The molecule has 68 heavy (non-hydrogen) atoms. The number of hydrogen-bond acceptors (Lipinski definition) is 12. The van der Waals surface area contributed by atoms with Crippen LogP contribution in [0.3, 0.4) is 0 Å². The highest BCUT2D eigenvalue weighted by Gasteiger charge is 2.77. The molecule has 3 aliphatic heterocycles. The summed E-state index contributed by atoms with van der Waals surface area (Å²) < 4.78 is 26.0. The maximum Gasteiger partial charge on any atom is 0.327 e. The van der Waals surface area contributed by atoms with Gasteiger partial charge in [0.05, 0.1) is 19.2 Å². The third-order valence-corrected chi connectivity index (χ3v) is 13.1. The lowest BCUT2D eigenvalue weighted by Crippen LogP contribution is -2.70. The Bertz CT molecular complexity index is 2440. The van der Waals surface area contributed by atoms with E-state index in [0.717, 1.165) is 16.7 Å². The van der Waals surface area contributed by atoms with Crippen LogP contribution in [0.5, 0.6) is 0 Å². The smallest absolute Gasteiger partial charge is 0.327 e. The van der Waals surface area contributed by atoms with Crippen LogP contribution in [0, 0.1) is 5.41 Å². The first kappa shape index (κ1) is 48.2. The molecule has 3 saturated heterocycles. The molecule has 358 valence electrons. The number of hydroxylamine groups is 2. The predicted octanol–water partition coefficient (Wildman–Crippen LogP) is 4.94. The van der Waals surface area contributed by atoms with Gasteiger partial charge in [0.25, 0.3) is 0 Å². The minimum atomic E-state index is -1.65. The molecule has 4 aliphatic rings. The largest absolute Gasteiger partial charge is 0.460 e. The van der Waals surface area contributed by atoms with E-state index < -0.39 is 89.7 Å². The summed E-state index contributed by atoms with van der Waals surface area (Å²) in [6, 6.07) is 32.3. The van der Waals surface area contributed by atoms with Crippen molar-refractivity contribution in [3.63, 3.8) is 0 Å². The first-order chi connectivity index (χ1) is 32.5. The van der Waals surface area contributed by atoms with Crippen molar-refractivity contribution in [2.75, 3.05) is 27.7 Å². The fourth-order valence-corrected chi connectivity index (χ4v) is 9.80. The van der Waals surface area contributed by atoms with Gasteiger partial charge in [-0.1, -0.05) is 115 Å². The molecule has 1 aliphatic carbocycles. The molecule has 4 aromatic rings. The monoisotopic (exact) mass is 928 g/mol. The molecule has 3 amide bonds. The lowest BCUT2D eigenvalue weighted by Gasteiger charge is -2.50. The predicted molar refractivity (Wildman–Crippen MR) is 250 cm³/mol. The molecule has 15 heteroatoms. The van der Waals surface area contributed by atoms with Crippen molar-refractivity contribution in [1.29, 1.82) is 0 Å². The van der Waals surface area contributed by atoms with Gasteiger partial charge in [-0.2, -0.15) is 5.06 Å². The van der Waals surface area contributed by atoms with Crippen molar-refractivity contribution in [3.05, 3.63) is 149 Å². The number of nitrogens with zero attached hydrogens (tertiary/aromatic N) is 3. The molecule has 2 N–H and O–H groups in total. The number of likely N-dealkylation sites (N-methyl/N-ethyl adjacent to an activating group) is 2. The van der Waals surface area contributed by atoms with Gasteiger partial charge in [0.2, 0.25) is 23.5 Å². The SMILES string of the molecule is CN(C)C(=O)C=Cc1ccc(CN2O[C@@H]3[C@H]4OC(c5ccccc5)(c5ccccc5)O[C@H]4[C@@H]4C[C@]3(C(=O)N(C)[C@H](Cc3ccccc3)C(=O)N[C@H](CO)CCC(=O)OC(C)(C)C)[C@@H]2C(=O)O4)cc1. The molecule has 0 unspecified atom stereocenters. The molecular formula is C53H60N4O11. The number of hydrogen-bond donors (Lipinski definition) is 2. The summed E-state index contributed by atoms with van der Waals surface area (Å²) in [6.45, 7) is 4.88. The molecule has 4 aromatic carbocycles. The van der Waals surface area contributed by atoms with Crippen LogP contribution in [0.2, 0.25) is 0 Å². The Hall–Kier alpha value is -6.23. The summed E-state index contributed by atoms with van der Waals surface area (Å²) in [5.41, 5.74) is 1.31. The van der Waals surface area contributed by atoms with Crippen molar-refractivity contribution in [3.8, 4) is 0 Å². The Morgan fingerprint density at radius 1 is 0.853 bits per heavy atom. The summed E-state index contributed by atoms with van der Waals surface area (Å²) in [5, 5.41) is 14.8. The van der Waals surface area contributed by atoms with Gasteiger partial charge in [-0.15, -0.1) is 0 Å². The number of fused-ring (bicyclic) bond motifs is 4. The fraction of sp³-hybridized carbons (Fsp3) is 0.415. The number of nitrogens with one attached hydrogen (secondary N) is 1. The Morgan fingerprint density at radius 2 is 1.46 bits per heavy atom. The number of rotatable bonds is 16. The number of carbonyl (C=O) groups excluding carboxylic acids is 5. The topological polar surface area (TPSA) is 173 Å². The van der Waals surface area contributed by atoms with Gasteiger partial charge in [-0.25, -0.2) is 0 Å². The average molecular weight is 929 g/mol. The van der Waals surface area contributed by atoms with E-state index in [1.807, 2.05) is 115 Å². The lowest BCUT2D eigenvalue weighted by molar-refractivity contribution is -0.214. The van der Waals surface area contributed by atoms with Crippen LogP contribution in [0.15, 0.2) is 121 Å². The Kier molecular flexibility index (Phi) is 14.0. The van der Waals surface area contributed by atoms with E-state index >= 15 is 4.79 Å². The highest BCUT2D eigenvalue weighted by molar-refractivity contribution is 5.96. The molecule has 0 aromatic heterocycles. The zero-order valence-corrected chi connectivity index (χ0v) is 39.3. The van der Waals surface area contributed by atoms with Gasteiger partial charge >= 0.3 is 11.9 Å². The maximum absolute atomic E-state index is 16.0. The van der Waals surface area contributed by atoms with Crippen molar-refractivity contribution in [1.82, 2.24) is 20.2 Å². The summed E-state index contributed by atoms with van der Waals surface area (Å²) in [4.78, 5) is 80.0. The van der Waals surface area contributed by atoms with Gasteiger partial charge in [-0.05, 0) is 50.0 Å². The quantitative estimate of drug-likeness (QED) is 0.115. The number of amides is 3. The first-order valence-electron chi connectivity index (χ1n) is 23.1. The number of esters is 2. The highest BCUT2D eigenvalue weighted by Crippen LogP contribution is 2.59. The Labute approximate surface area is 396 Å². The zero-order valence-electron chi connectivity index (χ0n) is 39.3. The maximum atomic E-state index is 16.0. The van der Waals surface area contributed by atoms with Gasteiger partial charge in [0.1, 0.15) is 41.5 Å². The molecule has 8 atom stereocenters. The number of carbonyl (C=O) groups is 5. The van der Waals surface area contributed by atoms with Crippen LogP contribution in [-0.2, 0) is 66.5 Å². The number of ether oxygens (including phenoxy) is 4. The number of aliphatic hydroxyl groups is 1. The summed E-state index contributed by atoms with van der Waals surface area (Å²) >= 11 is 0. The zero-order chi connectivity index (χ0) is 48.4. The normalized spacial score (nSPS) is 24.6. The van der Waals surface area contributed by atoms with Crippen LogP contribution in [0.4, 0.5) is 0 Å². The standard InChI is InChI=1S/C53H60N4O11/c1-51(2,3)65-43(60)29-27-39(33-58)54-48(61)40(30-35-16-10-7-11-17-35)56(6)50(63)52-31-41-44-45(67-53(66-44,37-18-12-8-13-19-37)38-20-14-9-15-21-38)47(52)68-57(46(52)49(62)64-41)32-36-24-22-34(23-25-36)26-28-42(59)55(4)5/h7-26,28,39-41,44-47,58H,27,29-33H2,1-6H3,(H,54,61)/t39-,40+,41-,44-,45-,46-,47+,52-/m0/s1. The second-order valence-corrected chi connectivity index (χ2v) is 19.2. The summed E-state index contributed by atoms with van der Waals surface area (Å²) in [7, 11) is 4.89. The lowest BCUT2D eigenvalue weighted by atomic mass is 9.62. The number of benzene rings is 4. The van der Waals surface area contributed by atoms with Crippen LogP contribution < -0.4 is 5.32 Å². The van der Waals surface area contributed by atoms with Crippen LogP contribution in [0.25, 0.3) is 6.08 Å². The van der Waals surface area contributed by atoms with Crippen molar-refractivity contribution >= 4 is 35.7 Å². The number of aliphatic hydroxyl groups excluding tert-OH is 1. The van der Waals surface area contributed by atoms with Gasteiger partial charge in [0.15, 0.2) is 6.04 Å². The Balaban J connectivity index is 1.17. The third kappa shape index (κ3) is 9.72. The van der Waals surface area contributed by atoms with Crippen LogP contribution in [-0.4, -0.2) is 126 Å². The molecule has 8 rings (SSSR count). The van der Waals surface area contributed by atoms with Crippen molar-refractivity contribution < 1.29 is 52.9 Å². The molecule has 2 bridgehead atoms. The van der Waals surface area contributed by atoms with E-state index in [2.05, 4.69) is 5.32 Å². The van der Waals surface area contributed by atoms with E-state index in [-0.39, 0.29) is 38.1 Å². The highest BCUT2D eigenvalue weighted by atomic mass is 16.8. The van der Waals surface area contributed by atoms with E-state index in [1.54, 1.807) is 48.0 Å². The molecule has 0 spiro atoms. The minimum absolute atomic E-state index is 0.00357. The molecule has 1 saturated carbocycles. The second-order valence-electron chi connectivity index (χ2n) is 19.2. The second kappa shape index (κ2) is 19.8. The molecule has 3 heterocycles. The van der Waals surface area contributed by atoms with E-state index in [9.17, 15) is 24.3 Å². The van der Waals surface area contributed by atoms with Gasteiger partial charge < -0.3 is 39.2 Å². The first-order valence-corrected chi connectivity index (χ1v) is 23.1. The van der Waals surface area contributed by atoms with Gasteiger partial charge in [-0.3, -0.25) is 28.8 Å². The summed E-state index contributed by atoms with van der Waals surface area (Å²) in [6.07, 6.45) is -0.572. The molecule has 15 nitrogen and oxygen atoms in total. The van der Waals surface area contributed by atoms with Crippen LogP contribution in [0.1, 0.15) is 67.9 Å². The van der Waals surface area contributed by atoms with E-state index in [1.165, 1.54) is 20.9 Å². The molecular weight excluding hydrogens is 869 g/mol. The fourth-order valence-electron chi connectivity index (χ4n) is 9.80. The molecule has 4 fully saturated rings. The van der Waals surface area contributed by atoms with Crippen LogP contribution >= 0.6 is 0 Å². The summed E-state index contributed by atoms with van der Waals surface area (Å²) in [5.74, 6) is -3.89. The van der Waals surface area contributed by atoms with E-state index in [0.29, 0.717) is 11.1 Å². The van der Waals surface area contributed by atoms with Crippen molar-refractivity contribution in [2.24, 2.45) is 5.41 Å². The minimum Gasteiger partial charge on any atom is -0.460 e. The third-order valence-electron chi connectivity index (χ3n) is 13.1. The average Bonchev–Trinajstić information content (AvgIpc) is 3.91.